The number of ketones is 1. The number of carbonyl (C=O) groups is 1. The monoisotopic (exact) mass is 169 g/mol. The minimum atomic E-state index is -0.858. The van der Waals surface area contributed by atoms with Crippen molar-refractivity contribution in [2.75, 3.05) is 0 Å². The van der Waals surface area contributed by atoms with Gasteiger partial charge in [-0.05, 0) is 0 Å². The summed E-state index contributed by atoms with van der Waals surface area (Å²) >= 11 is 0. The Balaban J connectivity index is 4.51. The Morgan fingerprint density at radius 2 is 2.08 bits per heavy atom. The van der Waals surface area contributed by atoms with E-state index in [1.54, 1.807) is 13.8 Å². The SMILES string of the molecule is C=CN=C(F)C(=C)C(=O)C(C)C. The van der Waals surface area contributed by atoms with Gasteiger partial charge in [0, 0.05) is 12.1 Å². The topological polar surface area (TPSA) is 29.4 Å². The second-order valence-electron chi connectivity index (χ2n) is 2.60. The molecule has 0 aromatic rings. The summed E-state index contributed by atoms with van der Waals surface area (Å²) in [6.07, 6.45) is 1.04. The van der Waals surface area contributed by atoms with Gasteiger partial charge in [-0.2, -0.15) is 4.39 Å². The molecule has 2 nitrogen and oxygen atoms in total. The van der Waals surface area contributed by atoms with Crippen molar-refractivity contribution in [3.05, 3.63) is 24.9 Å². The van der Waals surface area contributed by atoms with Gasteiger partial charge >= 0.3 is 0 Å². The quantitative estimate of drug-likeness (QED) is 0.469. The fourth-order valence-corrected chi connectivity index (χ4v) is 0.608. The van der Waals surface area contributed by atoms with Crippen molar-refractivity contribution >= 4 is 11.7 Å². The van der Waals surface area contributed by atoms with Crippen LogP contribution in [-0.2, 0) is 4.79 Å². The largest absolute Gasteiger partial charge is 0.294 e. The molecule has 0 aliphatic carbocycles. The third kappa shape index (κ3) is 2.78. The van der Waals surface area contributed by atoms with E-state index in [1.807, 2.05) is 0 Å². The molecule has 12 heavy (non-hydrogen) atoms. The number of halogens is 1. The first kappa shape index (κ1) is 10.8. The van der Waals surface area contributed by atoms with E-state index in [4.69, 9.17) is 0 Å². The molecule has 0 bridgehead atoms. The summed E-state index contributed by atoms with van der Waals surface area (Å²) in [5.41, 5.74) is -0.190. The lowest BCUT2D eigenvalue weighted by Crippen LogP contribution is -2.13. The molecule has 0 aromatic heterocycles. The predicted octanol–water partition coefficient (Wildman–Crippen LogP) is 2.28. The Bertz CT molecular complexity index is 241. The van der Waals surface area contributed by atoms with Crippen molar-refractivity contribution in [1.29, 1.82) is 0 Å². The summed E-state index contributed by atoms with van der Waals surface area (Å²) in [5, 5.41) is 0. The first-order valence-corrected chi connectivity index (χ1v) is 3.58. The number of allylic oxidation sites excluding steroid dienone is 1. The highest BCUT2D eigenvalue weighted by molar-refractivity contribution is 6.19. The van der Waals surface area contributed by atoms with Gasteiger partial charge in [-0.1, -0.05) is 27.0 Å². The van der Waals surface area contributed by atoms with Crippen LogP contribution in [0.3, 0.4) is 0 Å². The fourth-order valence-electron chi connectivity index (χ4n) is 0.608. The molecule has 0 aromatic carbocycles. The van der Waals surface area contributed by atoms with Crippen molar-refractivity contribution in [3.8, 4) is 0 Å². The first-order chi connectivity index (χ1) is 5.50. The summed E-state index contributed by atoms with van der Waals surface area (Å²) in [7, 11) is 0. The summed E-state index contributed by atoms with van der Waals surface area (Å²) in [5.74, 6) is -1.45. The molecule has 0 amide bonds. The molecule has 0 saturated heterocycles. The minimum absolute atomic E-state index is 0.190. The molecule has 0 unspecified atom stereocenters. The van der Waals surface area contributed by atoms with Gasteiger partial charge in [-0.15, -0.1) is 0 Å². The predicted molar refractivity (Wildman–Crippen MR) is 47.7 cm³/mol. The van der Waals surface area contributed by atoms with Crippen LogP contribution in [0.5, 0.6) is 0 Å². The molecule has 0 heterocycles. The molecule has 0 rings (SSSR count). The van der Waals surface area contributed by atoms with Gasteiger partial charge in [0.2, 0.25) is 5.97 Å². The Kier molecular flexibility index (Phi) is 4.11. The lowest BCUT2D eigenvalue weighted by atomic mass is 10.0. The Morgan fingerprint density at radius 3 is 2.42 bits per heavy atom. The van der Waals surface area contributed by atoms with Gasteiger partial charge in [0.15, 0.2) is 5.78 Å². The number of aliphatic imine (C=N–C) groups is 1. The van der Waals surface area contributed by atoms with Gasteiger partial charge in [0.05, 0.1) is 5.57 Å². The summed E-state index contributed by atoms with van der Waals surface area (Å²) < 4.78 is 12.8. The van der Waals surface area contributed by atoms with Crippen LogP contribution in [0.25, 0.3) is 0 Å². The zero-order chi connectivity index (χ0) is 9.72. The third-order valence-corrected chi connectivity index (χ3v) is 1.28. The number of carbonyl (C=O) groups excluding carboxylic acids is 1. The van der Waals surface area contributed by atoms with Crippen LogP contribution < -0.4 is 0 Å². The number of Topliss-reactive ketones (excluding diaryl/α,β-unsaturated/α-hetero) is 1. The Morgan fingerprint density at radius 1 is 1.58 bits per heavy atom. The van der Waals surface area contributed by atoms with Gasteiger partial charge < -0.3 is 0 Å². The molecule has 0 N–H and O–H groups in total. The van der Waals surface area contributed by atoms with E-state index in [0.29, 0.717) is 0 Å². The average molecular weight is 169 g/mol. The molecule has 0 aliphatic rings. The van der Waals surface area contributed by atoms with Gasteiger partial charge in [0.25, 0.3) is 0 Å². The van der Waals surface area contributed by atoms with Crippen LogP contribution in [0, 0.1) is 5.92 Å². The first-order valence-electron chi connectivity index (χ1n) is 3.58. The highest BCUT2D eigenvalue weighted by atomic mass is 19.1. The van der Waals surface area contributed by atoms with E-state index < -0.39 is 5.97 Å². The molecule has 3 heteroatoms. The van der Waals surface area contributed by atoms with Crippen LogP contribution in [0.15, 0.2) is 29.9 Å². The molecule has 0 aliphatic heterocycles. The second-order valence-corrected chi connectivity index (χ2v) is 2.60. The molecule has 0 atom stereocenters. The maximum Gasteiger partial charge on any atom is 0.223 e. The molecular weight excluding hydrogens is 157 g/mol. The minimum Gasteiger partial charge on any atom is -0.294 e. The van der Waals surface area contributed by atoms with Gasteiger partial charge in [-0.3, -0.25) is 4.79 Å². The lowest BCUT2D eigenvalue weighted by Gasteiger charge is -2.03. The van der Waals surface area contributed by atoms with Crippen molar-refractivity contribution in [2.24, 2.45) is 10.9 Å². The number of rotatable bonds is 4. The zero-order valence-electron chi connectivity index (χ0n) is 7.30. The third-order valence-electron chi connectivity index (χ3n) is 1.28. The van der Waals surface area contributed by atoms with Gasteiger partial charge in [0.1, 0.15) is 0 Å². The Hall–Kier alpha value is -1.25. The maximum atomic E-state index is 12.8. The standard InChI is InChI=1S/C9H12FNO/c1-5-11-9(10)7(4)8(12)6(2)3/h5-6H,1,4H2,2-3H3. The molecule has 0 radical (unpaired) electrons. The smallest absolute Gasteiger partial charge is 0.223 e. The molecule has 0 saturated carbocycles. The van der Waals surface area contributed by atoms with Crippen molar-refractivity contribution in [2.45, 2.75) is 13.8 Å². The van der Waals surface area contributed by atoms with E-state index in [-0.39, 0.29) is 17.3 Å². The number of hydrogen-bond donors (Lipinski definition) is 0. The molecular formula is C9H12FNO. The van der Waals surface area contributed by atoms with E-state index in [0.717, 1.165) is 6.20 Å². The summed E-state index contributed by atoms with van der Waals surface area (Å²) in [6, 6.07) is 0. The van der Waals surface area contributed by atoms with Crippen LogP contribution in [0.4, 0.5) is 4.39 Å². The normalized spacial score (nSPS) is 11.5. The van der Waals surface area contributed by atoms with Crippen molar-refractivity contribution in [3.63, 3.8) is 0 Å². The molecule has 0 fully saturated rings. The summed E-state index contributed by atoms with van der Waals surface area (Å²) in [6.45, 7) is 9.85. The van der Waals surface area contributed by atoms with E-state index in [1.165, 1.54) is 0 Å². The fraction of sp³-hybridized carbons (Fsp3) is 0.333. The van der Waals surface area contributed by atoms with E-state index >= 15 is 0 Å². The van der Waals surface area contributed by atoms with Crippen LogP contribution in [-0.4, -0.2) is 11.7 Å². The average Bonchev–Trinajstić information content (AvgIpc) is 2.02. The van der Waals surface area contributed by atoms with Crippen LogP contribution in [0.1, 0.15) is 13.8 Å². The number of hydrogen-bond acceptors (Lipinski definition) is 2. The van der Waals surface area contributed by atoms with Crippen LogP contribution >= 0.6 is 0 Å². The van der Waals surface area contributed by atoms with Crippen molar-refractivity contribution < 1.29 is 9.18 Å². The van der Waals surface area contributed by atoms with E-state index in [9.17, 15) is 9.18 Å². The van der Waals surface area contributed by atoms with E-state index in [2.05, 4.69) is 18.2 Å². The van der Waals surface area contributed by atoms with Crippen molar-refractivity contribution in [1.82, 2.24) is 0 Å². The Labute approximate surface area is 71.5 Å². The maximum absolute atomic E-state index is 12.8. The zero-order valence-corrected chi connectivity index (χ0v) is 7.30. The molecule has 0 spiro atoms. The highest BCUT2D eigenvalue weighted by Crippen LogP contribution is 2.06. The lowest BCUT2D eigenvalue weighted by molar-refractivity contribution is -0.117. The second kappa shape index (κ2) is 4.59. The molecule has 66 valence electrons. The summed E-state index contributed by atoms with van der Waals surface area (Å²) in [4.78, 5) is 14.3. The highest BCUT2D eigenvalue weighted by Gasteiger charge is 2.15. The number of nitrogens with zero attached hydrogens (tertiary/aromatic N) is 1. The van der Waals surface area contributed by atoms with Gasteiger partial charge in [-0.25, -0.2) is 4.99 Å². The van der Waals surface area contributed by atoms with Crippen LogP contribution in [0.2, 0.25) is 0 Å².